The van der Waals surface area contributed by atoms with Crippen molar-refractivity contribution in [2.45, 2.75) is 33.2 Å². The summed E-state index contributed by atoms with van der Waals surface area (Å²) in [5.74, 6) is 1.26. The first-order valence-corrected chi connectivity index (χ1v) is 10.7. The van der Waals surface area contributed by atoms with E-state index in [9.17, 15) is 9.59 Å². The predicted molar refractivity (Wildman–Crippen MR) is 115 cm³/mol. The molecule has 9 heteroatoms. The van der Waals surface area contributed by atoms with Gasteiger partial charge >= 0.3 is 0 Å². The Morgan fingerprint density at radius 3 is 2.42 bits per heavy atom. The van der Waals surface area contributed by atoms with Crippen LogP contribution in [0.25, 0.3) is 0 Å². The molecule has 3 rings (SSSR count). The number of aromatic nitrogens is 3. The van der Waals surface area contributed by atoms with Crippen molar-refractivity contribution in [3.05, 3.63) is 35.7 Å². The zero-order valence-corrected chi connectivity index (χ0v) is 18.7. The molecule has 1 aliphatic rings. The van der Waals surface area contributed by atoms with Crippen LogP contribution in [0, 0.1) is 5.92 Å². The molecule has 168 valence electrons. The lowest BCUT2D eigenvalue weighted by Crippen LogP contribution is -2.41. The number of hydrogen-bond acceptors (Lipinski definition) is 6. The molecule has 0 saturated carbocycles. The average molecular weight is 430 g/mol. The van der Waals surface area contributed by atoms with Crippen molar-refractivity contribution in [1.82, 2.24) is 24.8 Å². The standard InChI is InChI=1S/C22H31N5O4/c1-5-25(6-2)22(29)20-15-27(24-23-20)14-16-8-7-9-26(13-16)21(28)17-10-18(30-3)12-19(11-17)31-4/h10-12,15-16H,5-9,13-14H2,1-4H3. The summed E-state index contributed by atoms with van der Waals surface area (Å²) in [6.45, 7) is 7.10. The lowest BCUT2D eigenvalue weighted by Gasteiger charge is -2.32. The minimum absolute atomic E-state index is 0.0436. The third-order valence-corrected chi connectivity index (χ3v) is 5.66. The van der Waals surface area contributed by atoms with Crippen molar-refractivity contribution in [3.8, 4) is 11.5 Å². The molecule has 1 unspecified atom stereocenters. The van der Waals surface area contributed by atoms with Gasteiger partial charge in [0.05, 0.1) is 20.4 Å². The lowest BCUT2D eigenvalue weighted by atomic mass is 9.97. The Labute approximate surface area is 182 Å². The summed E-state index contributed by atoms with van der Waals surface area (Å²) in [6, 6.07) is 5.21. The Kier molecular flexibility index (Phi) is 7.49. The van der Waals surface area contributed by atoms with Gasteiger partial charge in [0.1, 0.15) is 11.5 Å². The molecule has 2 heterocycles. The highest BCUT2D eigenvalue weighted by Gasteiger charge is 2.26. The fraction of sp³-hybridized carbons (Fsp3) is 0.545. The van der Waals surface area contributed by atoms with Gasteiger partial charge in [-0.05, 0) is 44.7 Å². The van der Waals surface area contributed by atoms with Crippen molar-refractivity contribution < 1.29 is 19.1 Å². The van der Waals surface area contributed by atoms with E-state index in [1.165, 1.54) is 0 Å². The zero-order chi connectivity index (χ0) is 22.4. The number of piperidine rings is 1. The van der Waals surface area contributed by atoms with Crippen LogP contribution in [0.1, 0.15) is 47.5 Å². The predicted octanol–water partition coefficient (Wildman–Crippen LogP) is 2.33. The number of carbonyl (C=O) groups is 2. The molecule has 9 nitrogen and oxygen atoms in total. The number of methoxy groups -OCH3 is 2. The molecule has 0 N–H and O–H groups in total. The maximum atomic E-state index is 13.1. The van der Waals surface area contributed by atoms with Gasteiger partial charge in [-0.15, -0.1) is 5.10 Å². The highest BCUT2D eigenvalue weighted by Crippen LogP contribution is 2.26. The number of carbonyl (C=O) groups excluding carboxylic acids is 2. The van der Waals surface area contributed by atoms with Gasteiger partial charge in [0.25, 0.3) is 11.8 Å². The topological polar surface area (TPSA) is 89.8 Å². The quantitative estimate of drug-likeness (QED) is 0.640. The van der Waals surface area contributed by atoms with E-state index in [-0.39, 0.29) is 17.7 Å². The van der Waals surface area contributed by atoms with Gasteiger partial charge in [-0.3, -0.25) is 14.3 Å². The van der Waals surface area contributed by atoms with Gasteiger partial charge in [0.2, 0.25) is 0 Å². The van der Waals surface area contributed by atoms with Crippen LogP contribution in [0.3, 0.4) is 0 Å². The van der Waals surface area contributed by atoms with E-state index in [1.807, 2.05) is 18.7 Å². The van der Waals surface area contributed by atoms with Crippen molar-refractivity contribution in [1.29, 1.82) is 0 Å². The Balaban J connectivity index is 1.66. The summed E-state index contributed by atoms with van der Waals surface area (Å²) in [5, 5.41) is 8.19. The van der Waals surface area contributed by atoms with E-state index in [0.29, 0.717) is 55.5 Å². The van der Waals surface area contributed by atoms with Crippen LogP contribution in [0.5, 0.6) is 11.5 Å². The van der Waals surface area contributed by atoms with Gasteiger partial charge in [0.15, 0.2) is 5.69 Å². The van der Waals surface area contributed by atoms with E-state index >= 15 is 0 Å². The maximum absolute atomic E-state index is 13.1. The van der Waals surface area contributed by atoms with Gasteiger partial charge in [-0.1, -0.05) is 5.21 Å². The third kappa shape index (κ3) is 5.34. The molecule has 2 amide bonds. The van der Waals surface area contributed by atoms with Gasteiger partial charge in [-0.25, -0.2) is 0 Å². The van der Waals surface area contributed by atoms with Crippen LogP contribution in [0.4, 0.5) is 0 Å². The minimum atomic E-state index is -0.108. The average Bonchev–Trinajstić information content (AvgIpc) is 3.27. The van der Waals surface area contributed by atoms with Gasteiger partial charge in [-0.2, -0.15) is 0 Å². The second-order valence-corrected chi connectivity index (χ2v) is 7.66. The Bertz CT molecular complexity index is 887. The summed E-state index contributed by atoms with van der Waals surface area (Å²) in [6.07, 6.45) is 3.61. The first-order chi connectivity index (χ1) is 15.0. The monoisotopic (exact) mass is 429 g/mol. The number of hydrogen-bond donors (Lipinski definition) is 0. The highest BCUT2D eigenvalue weighted by molar-refractivity contribution is 5.95. The largest absolute Gasteiger partial charge is 0.497 e. The number of amides is 2. The maximum Gasteiger partial charge on any atom is 0.276 e. The molecule has 31 heavy (non-hydrogen) atoms. The first-order valence-electron chi connectivity index (χ1n) is 10.7. The molecule has 0 radical (unpaired) electrons. The normalized spacial score (nSPS) is 16.1. The van der Waals surface area contributed by atoms with Crippen LogP contribution in [0.2, 0.25) is 0 Å². The van der Waals surface area contributed by atoms with E-state index in [0.717, 1.165) is 12.8 Å². The summed E-state index contributed by atoms with van der Waals surface area (Å²) >= 11 is 0. The van der Waals surface area contributed by atoms with Crippen LogP contribution in [0.15, 0.2) is 24.4 Å². The van der Waals surface area contributed by atoms with Crippen molar-refractivity contribution in [2.24, 2.45) is 5.92 Å². The van der Waals surface area contributed by atoms with Crippen molar-refractivity contribution in [3.63, 3.8) is 0 Å². The minimum Gasteiger partial charge on any atom is -0.497 e. The Hall–Kier alpha value is -3.10. The molecule has 1 fully saturated rings. The van der Waals surface area contributed by atoms with E-state index in [1.54, 1.807) is 48.2 Å². The SMILES string of the molecule is CCN(CC)C(=O)c1cn(CC2CCCN(C(=O)c3cc(OC)cc(OC)c3)C2)nn1. The zero-order valence-electron chi connectivity index (χ0n) is 18.7. The molecule has 1 aromatic carbocycles. The summed E-state index contributed by atoms with van der Waals surface area (Å²) in [4.78, 5) is 29.1. The Morgan fingerprint density at radius 1 is 1.13 bits per heavy atom. The van der Waals surface area contributed by atoms with E-state index < -0.39 is 0 Å². The van der Waals surface area contributed by atoms with Crippen LogP contribution >= 0.6 is 0 Å². The molecular formula is C22H31N5O4. The third-order valence-electron chi connectivity index (χ3n) is 5.66. The van der Waals surface area contributed by atoms with Gasteiger partial charge in [0, 0.05) is 44.4 Å². The molecule has 1 aromatic heterocycles. The highest BCUT2D eigenvalue weighted by atomic mass is 16.5. The molecule has 0 spiro atoms. The second-order valence-electron chi connectivity index (χ2n) is 7.66. The van der Waals surface area contributed by atoms with Crippen molar-refractivity contribution in [2.75, 3.05) is 40.4 Å². The Morgan fingerprint density at radius 2 is 1.81 bits per heavy atom. The molecule has 2 aromatic rings. The molecule has 0 bridgehead atoms. The summed E-state index contributed by atoms with van der Waals surface area (Å²) < 4.78 is 12.3. The molecular weight excluding hydrogens is 398 g/mol. The number of ether oxygens (including phenoxy) is 2. The number of benzene rings is 1. The van der Waals surface area contributed by atoms with Crippen LogP contribution < -0.4 is 9.47 Å². The first kappa shape index (κ1) is 22.6. The molecule has 0 aliphatic carbocycles. The lowest BCUT2D eigenvalue weighted by molar-refractivity contribution is 0.0658. The number of rotatable bonds is 8. The van der Waals surface area contributed by atoms with E-state index in [2.05, 4.69) is 10.3 Å². The van der Waals surface area contributed by atoms with Crippen molar-refractivity contribution >= 4 is 11.8 Å². The summed E-state index contributed by atoms with van der Waals surface area (Å²) in [5.41, 5.74) is 0.903. The molecule has 1 saturated heterocycles. The molecule has 1 aliphatic heterocycles. The fourth-order valence-electron chi connectivity index (χ4n) is 3.94. The second kappa shape index (κ2) is 10.3. The number of nitrogens with zero attached hydrogens (tertiary/aromatic N) is 5. The van der Waals surface area contributed by atoms with Gasteiger partial charge < -0.3 is 19.3 Å². The van der Waals surface area contributed by atoms with Crippen LogP contribution in [-0.2, 0) is 6.54 Å². The van der Waals surface area contributed by atoms with E-state index in [4.69, 9.17) is 9.47 Å². The van der Waals surface area contributed by atoms with Crippen LogP contribution in [-0.4, -0.2) is 77.0 Å². The smallest absolute Gasteiger partial charge is 0.276 e. The number of likely N-dealkylation sites (tertiary alicyclic amines) is 1. The summed E-state index contributed by atoms with van der Waals surface area (Å²) in [7, 11) is 3.13. The molecule has 1 atom stereocenters. The fourth-order valence-corrected chi connectivity index (χ4v) is 3.94.